The molecule has 0 aliphatic carbocycles. The molecular weight excluding hydrogens is 254 g/mol. The van der Waals surface area contributed by atoms with Crippen LogP contribution in [0.1, 0.15) is 6.92 Å². The van der Waals surface area contributed by atoms with Gasteiger partial charge in [-0.15, -0.1) is 0 Å². The first-order valence-electron chi connectivity index (χ1n) is 5.52. The number of benzene rings is 1. The molecule has 2 N–H and O–H groups in total. The normalized spacial score (nSPS) is 12.7. The smallest absolute Gasteiger partial charge is 0.262 e. The van der Waals surface area contributed by atoms with Crippen LogP contribution in [0.15, 0.2) is 23.0 Å². The molecule has 1 atom stereocenters. The molecule has 0 amide bonds. The lowest BCUT2D eigenvalue weighted by molar-refractivity contribution is 0.415. The van der Waals surface area contributed by atoms with Crippen LogP contribution < -0.4 is 16.0 Å². The van der Waals surface area contributed by atoms with E-state index in [1.54, 1.807) is 32.2 Å². The van der Waals surface area contributed by atoms with Crippen LogP contribution in [-0.4, -0.2) is 22.7 Å². The van der Waals surface area contributed by atoms with Crippen molar-refractivity contribution < 1.29 is 4.74 Å². The van der Waals surface area contributed by atoms with Crippen LogP contribution in [0.2, 0.25) is 5.28 Å². The predicted molar refractivity (Wildman–Crippen MR) is 71.2 cm³/mol. The molecule has 6 heteroatoms. The zero-order chi connectivity index (χ0) is 13.3. The third-order valence-electron chi connectivity index (χ3n) is 2.59. The monoisotopic (exact) mass is 267 g/mol. The van der Waals surface area contributed by atoms with Crippen molar-refractivity contribution in [3.05, 3.63) is 33.8 Å². The molecular formula is C12H14ClN3O2. The van der Waals surface area contributed by atoms with Gasteiger partial charge >= 0.3 is 0 Å². The van der Waals surface area contributed by atoms with Gasteiger partial charge in [0.25, 0.3) is 5.56 Å². The number of rotatable bonds is 3. The van der Waals surface area contributed by atoms with E-state index in [0.29, 0.717) is 23.2 Å². The summed E-state index contributed by atoms with van der Waals surface area (Å²) in [6.07, 6.45) is 0. The topological polar surface area (TPSA) is 70.1 Å². The second-order valence-corrected chi connectivity index (χ2v) is 4.50. The Labute approximate surface area is 109 Å². The Balaban J connectivity index is 2.70. The van der Waals surface area contributed by atoms with Crippen LogP contribution >= 0.6 is 11.6 Å². The number of nitrogens with two attached hydrogens (primary N) is 1. The largest absolute Gasteiger partial charge is 0.497 e. The minimum atomic E-state index is -0.207. The van der Waals surface area contributed by atoms with Crippen molar-refractivity contribution in [1.29, 1.82) is 0 Å². The summed E-state index contributed by atoms with van der Waals surface area (Å²) in [5.41, 5.74) is 6.03. The molecule has 0 aliphatic rings. The molecule has 5 nitrogen and oxygen atoms in total. The van der Waals surface area contributed by atoms with Gasteiger partial charge in [-0.1, -0.05) is 0 Å². The molecule has 0 saturated heterocycles. The SMILES string of the molecule is COc1ccc2nc(Cl)n(CC(C)N)c(=O)c2c1. The number of ether oxygens (including phenoxy) is 1. The Kier molecular flexibility index (Phi) is 3.54. The molecule has 0 spiro atoms. The molecule has 2 aromatic rings. The molecule has 1 unspecified atom stereocenters. The van der Waals surface area contributed by atoms with E-state index in [1.807, 2.05) is 0 Å². The van der Waals surface area contributed by atoms with Crippen molar-refractivity contribution in [2.75, 3.05) is 7.11 Å². The van der Waals surface area contributed by atoms with Gasteiger partial charge in [0, 0.05) is 12.6 Å². The second-order valence-electron chi connectivity index (χ2n) is 4.16. The summed E-state index contributed by atoms with van der Waals surface area (Å²) in [4.78, 5) is 16.5. The first-order valence-corrected chi connectivity index (χ1v) is 5.90. The van der Waals surface area contributed by atoms with Gasteiger partial charge in [0.15, 0.2) is 0 Å². The van der Waals surface area contributed by atoms with Crippen molar-refractivity contribution in [2.24, 2.45) is 5.73 Å². The fourth-order valence-corrected chi connectivity index (χ4v) is 1.98. The lowest BCUT2D eigenvalue weighted by atomic mass is 10.2. The average Bonchev–Trinajstić information content (AvgIpc) is 2.34. The number of fused-ring (bicyclic) bond motifs is 1. The van der Waals surface area contributed by atoms with E-state index in [-0.39, 0.29) is 16.9 Å². The fraction of sp³-hybridized carbons (Fsp3) is 0.333. The van der Waals surface area contributed by atoms with Gasteiger partial charge in [-0.25, -0.2) is 4.98 Å². The Morgan fingerprint density at radius 3 is 2.89 bits per heavy atom. The Bertz CT molecular complexity index is 637. The van der Waals surface area contributed by atoms with Gasteiger partial charge in [0.2, 0.25) is 5.28 Å². The number of aromatic nitrogens is 2. The summed E-state index contributed by atoms with van der Waals surface area (Å²) in [6.45, 7) is 2.14. The average molecular weight is 268 g/mol. The first kappa shape index (κ1) is 12.9. The third kappa shape index (κ3) is 2.32. The first-order chi connectivity index (χ1) is 8.52. The van der Waals surface area contributed by atoms with Crippen molar-refractivity contribution >= 4 is 22.5 Å². The summed E-state index contributed by atoms with van der Waals surface area (Å²) < 4.78 is 6.46. The quantitative estimate of drug-likeness (QED) is 0.854. The second kappa shape index (κ2) is 4.96. The molecule has 0 bridgehead atoms. The van der Waals surface area contributed by atoms with Crippen LogP contribution in [0, 0.1) is 0 Å². The number of nitrogens with zero attached hydrogens (tertiary/aromatic N) is 2. The highest BCUT2D eigenvalue weighted by Gasteiger charge is 2.11. The van der Waals surface area contributed by atoms with Crippen molar-refractivity contribution in [3.8, 4) is 5.75 Å². The molecule has 96 valence electrons. The number of halogens is 1. The Morgan fingerprint density at radius 2 is 2.28 bits per heavy atom. The van der Waals surface area contributed by atoms with Crippen LogP contribution in [-0.2, 0) is 6.54 Å². The summed E-state index contributed by atoms with van der Waals surface area (Å²) in [5.74, 6) is 0.607. The zero-order valence-electron chi connectivity index (χ0n) is 10.2. The maximum atomic E-state index is 12.3. The van der Waals surface area contributed by atoms with Gasteiger partial charge in [0.1, 0.15) is 5.75 Å². The molecule has 1 heterocycles. The van der Waals surface area contributed by atoms with Crippen LogP contribution in [0.5, 0.6) is 5.75 Å². The van der Waals surface area contributed by atoms with Crippen LogP contribution in [0.25, 0.3) is 10.9 Å². The Morgan fingerprint density at radius 1 is 1.56 bits per heavy atom. The standard InChI is InChI=1S/C12H14ClN3O2/c1-7(14)6-16-11(17)9-5-8(18-2)3-4-10(9)15-12(16)13/h3-5,7H,6,14H2,1-2H3. The zero-order valence-corrected chi connectivity index (χ0v) is 10.9. The summed E-state index contributed by atoms with van der Waals surface area (Å²) in [6, 6.07) is 4.92. The number of hydrogen-bond acceptors (Lipinski definition) is 4. The molecule has 0 saturated carbocycles. The van der Waals surface area contributed by atoms with Gasteiger partial charge < -0.3 is 10.5 Å². The summed E-state index contributed by atoms with van der Waals surface area (Å²) in [7, 11) is 1.55. The minimum absolute atomic E-state index is 0.148. The minimum Gasteiger partial charge on any atom is -0.497 e. The maximum Gasteiger partial charge on any atom is 0.262 e. The highest BCUT2D eigenvalue weighted by atomic mass is 35.5. The lowest BCUT2D eigenvalue weighted by Gasteiger charge is -2.11. The predicted octanol–water partition coefficient (Wildman–Crippen LogP) is 1.41. The van der Waals surface area contributed by atoms with E-state index < -0.39 is 0 Å². The highest BCUT2D eigenvalue weighted by Crippen LogP contribution is 2.18. The number of methoxy groups -OCH3 is 1. The Hall–Kier alpha value is -1.59. The van der Waals surface area contributed by atoms with Gasteiger partial charge in [-0.3, -0.25) is 9.36 Å². The molecule has 0 fully saturated rings. The number of hydrogen-bond donors (Lipinski definition) is 1. The van der Waals surface area contributed by atoms with E-state index in [1.165, 1.54) is 4.57 Å². The van der Waals surface area contributed by atoms with E-state index in [9.17, 15) is 4.79 Å². The van der Waals surface area contributed by atoms with E-state index >= 15 is 0 Å². The third-order valence-corrected chi connectivity index (χ3v) is 2.87. The van der Waals surface area contributed by atoms with Crippen molar-refractivity contribution in [3.63, 3.8) is 0 Å². The van der Waals surface area contributed by atoms with Crippen molar-refractivity contribution in [1.82, 2.24) is 9.55 Å². The highest BCUT2D eigenvalue weighted by molar-refractivity contribution is 6.28. The molecule has 2 rings (SSSR count). The fourth-order valence-electron chi connectivity index (χ4n) is 1.75. The lowest BCUT2D eigenvalue weighted by Crippen LogP contribution is -2.31. The van der Waals surface area contributed by atoms with E-state index in [2.05, 4.69) is 4.98 Å². The van der Waals surface area contributed by atoms with Gasteiger partial charge in [-0.05, 0) is 36.7 Å². The summed E-state index contributed by atoms with van der Waals surface area (Å²) >= 11 is 5.99. The molecule has 0 radical (unpaired) electrons. The van der Waals surface area contributed by atoms with E-state index in [4.69, 9.17) is 22.1 Å². The van der Waals surface area contributed by atoms with Crippen LogP contribution in [0.3, 0.4) is 0 Å². The molecule has 0 aliphatic heterocycles. The molecule has 18 heavy (non-hydrogen) atoms. The van der Waals surface area contributed by atoms with Crippen LogP contribution in [0.4, 0.5) is 0 Å². The molecule has 1 aromatic heterocycles. The van der Waals surface area contributed by atoms with Crippen molar-refractivity contribution in [2.45, 2.75) is 19.5 Å². The molecule has 1 aromatic carbocycles. The van der Waals surface area contributed by atoms with E-state index in [0.717, 1.165) is 0 Å². The summed E-state index contributed by atoms with van der Waals surface area (Å²) in [5, 5.41) is 0.620. The van der Waals surface area contributed by atoms with Gasteiger partial charge in [-0.2, -0.15) is 0 Å². The van der Waals surface area contributed by atoms with Gasteiger partial charge in [0.05, 0.1) is 18.0 Å². The maximum absolute atomic E-state index is 12.3.